The Kier molecular flexibility index (Phi) is 3.87. The van der Waals surface area contributed by atoms with Crippen LogP contribution in [-0.2, 0) is 0 Å². The number of aliphatic hydroxyl groups is 1. The standard InChI is InChI=1S/C11H16Cl2N4O/c1-11(18)3-2-4-17(6-11)10-8(13)5-7(12)9(15-10)16-14/h5,18H,2-4,6,14H2,1H3,(H,15,16). The predicted octanol–water partition coefficient (Wildman–Crippen LogP) is 2.03. The van der Waals surface area contributed by atoms with Crippen molar-refractivity contribution in [1.29, 1.82) is 0 Å². The molecule has 0 radical (unpaired) electrons. The molecule has 0 aliphatic carbocycles. The zero-order valence-corrected chi connectivity index (χ0v) is 11.6. The van der Waals surface area contributed by atoms with E-state index in [-0.39, 0.29) is 0 Å². The molecule has 0 aromatic carbocycles. The molecule has 1 aliphatic rings. The van der Waals surface area contributed by atoms with Crippen LogP contribution in [0, 0.1) is 0 Å². The number of aromatic nitrogens is 1. The highest BCUT2D eigenvalue weighted by Crippen LogP contribution is 2.33. The normalized spacial score (nSPS) is 24.2. The number of hydrogen-bond acceptors (Lipinski definition) is 5. The number of nitrogens with one attached hydrogen (secondary N) is 1. The topological polar surface area (TPSA) is 74.4 Å². The molecule has 1 aromatic heterocycles. The zero-order valence-electron chi connectivity index (χ0n) is 10.1. The summed E-state index contributed by atoms with van der Waals surface area (Å²) in [6.45, 7) is 3.10. The second-order valence-electron chi connectivity index (χ2n) is 4.79. The first-order valence-electron chi connectivity index (χ1n) is 5.73. The van der Waals surface area contributed by atoms with Gasteiger partial charge in [-0.3, -0.25) is 0 Å². The van der Waals surface area contributed by atoms with Gasteiger partial charge >= 0.3 is 0 Å². The number of halogens is 2. The number of hydrogen-bond donors (Lipinski definition) is 3. The summed E-state index contributed by atoms with van der Waals surface area (Å²) >= 11 is 12.1. The van der Waals surface area contributed by atoms with E-state index in [0.717, 1.165) is 19.4 Å². The van der Waals surface area contributed by atoms with Crippen LogP contribution in [0.15, 0.2) is 6.07 Å². The minimum absolute atomic E-state index is 0.370. The molecule has 5 nitrogen and oxygen atoms in total. The van der Waals surface area contributed by atoms with Gasteiger partial charge in [0.1, 0.15) is 5.82 Å². The molecule has 0 amide bonds. The summed E-state index contributed by atoms with van der Waals surface area (Å²) in [7, 11) is 0. The van der Waals surface area contributed by atoms with Crippen LogP contribution < -0.4 is 16.2 Å². The van der Waals surface area contributed by atoms with E-state index in [9.17, 15) is 5.11 Å². The fourth-order valence-corrected chi connectivity index (χ4v) is 2.71. The lowest BCUT2D eigenvalue weighted by atomic mass is 9.95. The van der Waals surface area contributed by atoms with E-state index in [0.29, 0.717) is 28.2 Å². The van der Waals surface area contributed by atoms with Gasteiger partial charge in [-0.2, -0.15) is 0 Å². The average molecular weight is 291 g/mol. The van der Waals surface area contributed by atoms with Crippen molar-refractivity contribution in [3.63, 3.8) is 0 Å². The molecule has 1 aliphatic heterocycles. The van der Waals surface area contributed by atoms with Crippen molar-refractivity contribution in [2.24, 2.45) is 5.84 Å². The van der Waals surface area contributed by atoms with Crippen LogP contribution in [0.2, 0.25) is 10.0 Å². The summed E-state index contributed by atoms with van der Waals surface area (Å²) in [6, 6.07) is 1.60. The fourth-order valence-electron chi connectivity index (χ4n) is 2.18. The zero-order chi connectivity index (χ0) is 13.3. The third-order valence-electron chi connectivity index (χ3n) is 3.02. The molecule has 100 valence electrons. The fraction of sp³-hybridized carbons (Fsp3) is 0.545. The summed E-state index contributed by atoms with van der Waals surface area (Å²) in [6.07, 6.45) is 1.66. The Morgan fingerprint density at radius 2 is 2.22 bits per heavy atom. The number of β-amino-alcohol motifs (C(OH)–C–C–N with tert-alkyl or cyclic N) is 1. The van der Waals surface area contributed by atoms with Crippen LogP contribution in [0.5, 0.6) is 0 Å². The molecule has 1 aromatic rings. The Morgan fingerprint density at radius 3 is 2.83 bits per heavy atom. The van der Waals surface area contributed by atoms with E-state index in [1.54, 1.807) is 6.07 Å². The van der Waals surface area contributed by atoms with Gasteiger partial charge in [-0.05, 0) is 25.8 Å². The highest BCUT2D eigenvalue weighted by Gasteiger charge is 2.30. The molecule has 18 heavy (non-hydrogen) atoms. The molecule has 0 bridgehead atoms. The second-order valence-corrected chi connectivity index (χ2v) is 5.61. The summed E-state index contributed by atoms with van der Waals surface area (Å²) < 4.78 is 0. The van der Waals surface area contributed by atoms with Gasteiger partial charge in [-0.25, -0.2) is 10.8 Å². The highest BCUT2D eigenvalue weighted by atomic mass is 35.5. The lowest BCUT2D eigenvalue weighted by Gasteiger charge is -2.38. The molecule has 4 N–H and O–H groups in total. The lowest BCUT2D eigenvalue weighted by molar-refractivity contribution is 0.0447. The number of hydrazine groups is 1. The van der Waals surface area contributed by atoms with Gasteiger partial charge in [-0.1, -0.05) is 23.2 Å². The maximum absolute atomic E-state index is 10.1. The Balaban J connectivity index is 2.32. The van der Waals surface area contributed by atoms with Gasteiger partial charge in [0.15, 0.2) is 5.82 Å². The monoisotopic (exact) mass is 290 g/mol. The van der Waals surface area contributed by atoms with Gasteiger partial charge in [-0.15, -0.1) is 0 Å². The van der Waals surface area contributed by atoms with Crippen molar-refractivity contribution in [1.82, 2.24) is 4.98 Å². The molecular formula is C11H16Cl2N4O. The third-order valence-corrected chi connectivity index (χ3v) is 3.59. The van der Waals surface area contributed by atoms with Gasteiger partial charge in [0.2, 0.25) is 0 Å². The molecular weight excluding hydrogens is 275 g/mol. The van der Waals surface area contributed by atoms with Crippen molar-refractivity contribution in [3.8, 4) is 0 Å². The number of pyridine rings is 1. The van der Waals surface area contributed by atoms with Gasteiger partial charge in [0.25, 0.3) is 0 Å². The number of rotatable bonds is 2. The first kappa shape index (κ1) is 13.7. The minimum Gasteiger partial charge on any atom is -0.388 e. The van der Waals surface area contributed by atoms with Crippen molar-refractivity contribution in [2.45, 2.75) is 25.4 Å². The number of nitrogen functional groups attached to an aromatic ring is 1. The Labute approximate surface area is 116 Å². The summed E-state index contributed by atoms with van der Waals surface area (Å²) in [5.74, 6) is 6.31. The molecule has 1 atom stereocenters. The van der Waals surface area contributed by atoms with Crippen LogP contribution in [0.4, 0.5) is 11.6 Å². The van der Waals surface area contributed by atoms with Crippen molar-refractivity contribution in [2.75, 3.05) is 23.4 Å². The van der Waals surface area contributed by atoms with E-state index in [1.165, 1.54) is 0 Å². The van der Waals surface area contributed by atoms with Crippen LogP contribution in [0.25, 0.3) is 0 Å². The quantitative estimate of drug-likeness (QED) is 0.574. The smallest absolute Gasteiger partial charge is 0.161 e. The first-order valence-corrected chi connectivity index (χ1v) is 6.48. The highest BCUT2D eigenvalue weighted by molar-refractivity contribution is 6.37. The summed E-state index contributed by atoms with van der Waals surface area (Å²) in [5.41, 5.74) is 1.71. The number of nitrogens with zero attached hydrogens (tertiary/aromatic N) is 2. The van der Waals surface area contributed by atoms with Crippen molar-refractivity contribution < 1.29 is 5.11 Å². The van der Waals surface area contributed by atoms with Crippen LogP contribution in [0.3, 0.4) is 0 Å². The van der Waals surface area contributed by atoms with E-state index in [2.05, 4.69) is 10.4 Å². The van der Waals surface area contributed by atoms with Gasteiger partial charge in [0, 0.05) is 13.1 Å². The SMILES string of the molecule is CC1(O)CCCN(c2nc(NN)c(Cl)cc2Cl)C1. The van der Waals surface area contributed by atoms with E-state index >= 15 is 0 Å². The molecule has 0 saturated carbocycles. The summed E-state index contributed by atoms with van der Waals surface area (Å²) in [4.78, 5) is 6.24. The van der Waals surface area contributed by atoms with E-state index in [4.69, 9.17) is 29.0 Å². The van der Waals surface area contributed by atoms with E-state index < -0.39 is 5.60 Å². The number of piperidine rings is 1. The maximum Gasteiger partial charge on any atom is 0.161 e. The maximum atomic E-state index is 10.1. The van der Waals surface area contributed by atoms with Crippen molar-refractivity contribution >= 4 is 34.8 Å². The molecule has 1 unspecified atom stereocenters. The molecule has 2 heterocycles. The molecule has 7 heteroatoms. The Bertz CT molecular complexity index is 453. The number of nitrogens with two attached hydrogens (primary N) is 1. The van der Waals surface area contributed by atoms with Crippen LogP contribution >= 0.6 is 23.2 Å². The van der Waals surface area contributed by atoms with Crippen LogP contribution in [0.1, 0.15) is 19.8 Å². The van der Waals surface area contributed by atoms with Gasteiger partial charge in [0.05, 0.1) is 15.6 Å². The molecule has 1 saturated heterocycles. The first-order chi connectivity index (χ1) is 8.43. The Morgan fingerprint density at radius 1 is 1.50 bits per heavy atom. The second kappa shape index (κ2) is 5.09. The van der Waals surface area contributed by atoms with Crippen LogP contribution in [-0.4, -0.2) is 28.8 Å². The molecule has 2 rings (SSSR count). The van der Waals surface area contributed by atoms with Crippen molar-refractivity contribution in [3.05, 3.63) is 16.1 Å². The lowest BCUT2D eigenvalue weighted by Crippen LogP contribution is -2.46. The van der Waals surface area contributed by atoms with Gasteiger partial charge < -0.3 is 15.4 Å². The number of anilines is 2. The third kappa shape index (κ3) is 2.80. The molecule has 0 spiro atoms. The minimum atomic E-state index is -0.723. The predicted molar refractivity (Wildman–Crippen MR) is 74.1 cm³/mol. The van der Waals surface area contributed by atoms with E-state index in [1.807, 2.05) is 11.8 Å². The largest absolute Gasteiger partial charge is 0.388 e. The average Bonchev–Trinajstić information content (AvgIpc) is 2.27. The molecule has 1 fully saturated rings. The summed E-state index contributed by atoms with van der Waals surface area (Å²) in [5, 5.41) is 10.9. The Hall–Kier alpha value is -0.750.